The Morgan fingerprint density at radius 3 is 2.29 bits per heavy atom. The summed E-state index contributed by atoms with van der Waals surface area (Å²) in [5, 5.41) is 16.3. The first-order chi connectivity index (χ1) is 27.9. The van der Waals surface area contributed by atoms with Crippen LogP contribution in [0.1, 0.15) is 61.9 Å². The maximum atomic E-state index is 13.4. The minimum absolute atomic E-state index is 0.146. The lowest BCUT2D eigenvalue weighted by molar-refractivity contribution is -0.384. The van der Waals surface area contributed by atoms with E-state index in [9.17, 15) is 23.3 Å². The first-order valence-corrected chi connectivity index (χ1v) is 22.8. The molecule has 4 aromatic carbocycles. The van der Waals surface area contributed by atoms with Crippen LogP contribution in [0.5, 0.6) is 0 Å². The molecule has 0 bridgehead atoms. The quantitative estimate of drug-likeness (QED) is 0.0605. The normalized spacial score (nSPS) is 15.8. The van der Waals surface area contributed by atoms with Gasteiger partial charge in [-0.25, -0.2) is 13.1 Å². The van der Waals surface area contributed by atoms with Gasteiger partial charge in [0.1, 0.15) is 5.69 Å². The molecule has 0 saturated carbocycles. The Hall–Kier alpha value is -4.40. The van der Waals surface area contributed by atoms with Gasteiger partial charge in [-0.1, -0.05) is 47.5 Å². The molecular weight excluding hydrogens is 792 g/mol. The third kappa shape index (κ3) is 11.6. The summed E-state index contributed by atoms with van der Waals surface area (Å²) in [6.45, 7) is 9.40. The van der Waals surface area contributed by atoms with E-state index in [1.165, 1.54) is 41.7 Å². The summed E-state index contributed by atoms with van der Waals surface area (Å²) in [7, 11) is -2.39. The molecule has 14 heteroatoms. The molecule has 58 heavy (non-hydrogen) atoms. The average molecular weight is 846 g/mol. The second kappa shape index (κ2) is 20.0. The molecule has 1 aliphatic carbocycles. The van der Waals surface area contributed by atoms with E-state index in [-0.39, 0.29) is 27.9 Å². The van der Waals surface area contributed by atoms with Crippen molar-refractivity contribution in [1.82, 2.24) is 14.5 Å². The molecule has 308 valence electrons. The van der Waals surface area contributed by atoms with Gasteiger partial charge in [-0.05, 0) is 125 Å². The Morgan fingerprint density at radius 2 is 1.62 bits per heavy atom. The fourth-order valence-electron chi connectivity index (χ4n) is 7.34. The maximum absolute atomic E-state index is 13.4. The molecular formula is C44H53ClN6O5S2. The van der Waals surface area contributed by atoms with Crippen LogP contribution in [0.4, 0.5) is 17.1 Å². The Balaban J connectivity index is 1.06. The molecule has 1 atom stereocenters. The number of allylic oxidation sites excluding steroid dienone is 1. The topological polar surface area (TPSA) is 128 Å². The number of sulfonamides is 1. The van der Waals surface area contributed by atoms with Crippen molar-refractivity contribution in [2.24, 2.45) is 0 Å². The van der Waals surface area contributed by atoms with Crippen LogP contribution in [-0.4, -0.2) is 93.2 Å². The van der Waals surface area contributed by atoms with Crippen LogP contribution in [0.25, 0.3) is 5.57 Å². The van der Waals surface area contributed by atoms with Gasteiger partial charge in [-0.2, -0.15) is 0 Å². The van der Waals surface area contributed by atoms with Crippen LogP contribution in [0, 0.1) is 10.1 Å². The molecule has 1 saturated heterocycles. The Morgan fingerprint density at radius 1 is 0.931 bits per heavy atom. The summed E-state index contributed by atoms with van der Waals surface area (Å²) in [5.74, 6) is -0.172. The van der Waals surface area contributed by atoms with Gasteiger partial charge >= 0.3 is 0 Å². The summed E-state index contributed by atoms with van der Waals surface area (Å²) >= 11 is 7.80. The standard InChI is InChI=1S/C44H53ClN6O5S2/c1-32(2)48(3)24-23-37(31-57-39-10-5-4-6-11-39)46-42-22-21-40(29-43(42)51(53)54)58(55,56)47-44(52)34-15-19-38(20-16-34)50-27-25-49(26-28-50)30-35-9-7-8-12-41(35)33-13-17-36(45)18-14-33/h4-6,10-11,13-22,29,32,37,46H,7-9,12,23-28,30-31H2,1-3H3,(H,47,52)/t37-/m1/s1. The van der Waals surface area contributed by atoms with Crippen molar-refractivity contribution in [3.8, 4) is 0 Å². The summed E-state index contributed by atoms with van der Waals surface area (Å²) in [5.41, 5.74) is 5.18. The summed E-state index contributed by atoms with van der Waals surface area (Å²) in [6, 6.07) is 28.9. The molecule has 0 spiro atoms. The zero-order valence-electron chi connectivity index (χ0n) is 33.4. The maximum Gasteiger partial charge on any atom is 0.293 e. The van der Waals surface area contributed by atoms with E-state index in [1.54, 1.807) is 23.9 Å². The third-order valence-corrected chi connectivity index (χ3v) is 13.8. The molecule has 2 N–H and O–H groups in total. The highest BCUT2D eigenvalue weighted by atomic mass is 35.5. The number of anilines is 2. The number of nitro groups is 1. The number of carbonyl (C=O) groups excluding carboxylic acids is 1. The molecule has 1 amide bonds. The largest absolute Gasteiger partial charge is 0.376 e. The number of piperazine rings is 1. The number of nitrogens with one attached hydrogen (secondary N) is 2. The van der Waals surface area contributed by atoms with E-state index in [2.05, 4.69) is 50.7 Å². The smallest absolute Gasteiger partial charge is 0.293 e. The predicted octanol–water partition coefficient (Wildman–Crippen LogP) is 8.82. The average Bonchev–Trinajstić information content (AvgIpc) is 3.22. The highest BCUT2D eigenvalue weighted by Crippen LogP contribution is 2.34. The zero-order chi connectivity index (χ0) is 41.2. The van der Waals surface area contributed by atoms with E-state index < -0.39 is 20.9 Å². The van der Waals surface area contributed by atoms with E-state index >= 15 is 0 Å². The number of nitrogens with zero attached hydrogens (tertiary/aromatic N) is 4. The van der Waals surface area contributed by atoms with Crippen molar-refractivity contribution >= 4 is 61.9 Å². The number of hydrogen-bond acceptors (Lipinski definition) is 10. The van der Waals surface area contributed by atoms with Gasteiger partial charge < -0.3 is 15.1 Å². The first-order valence-electron chi connectivity index (χ1n) is 19.9. The molecule has 1 fully saturated rings. The van der Waals surface area contributed by atoms with Crippen LogP contribution in [0.3, 0.4) is 0 Å². The Bertz CT molecular complexity index is 2160. The lowest BCUT2D eigenvalue weighted by atomic mass is 9.87. The molecule has 2 aliphatic rings. The monoisotopic (exact) mass is 844 g/mol. The number of halogens is 1. The minimum Gasteiger partial charge on any atom is -0.376 e. The Labute approximate surface area is 352 Å². The fraction of sp³-hybridized carbons (Fsp3) is 0.386. The highest BCUT2D eigenvalue weighted by molar-refractivity contribution is 7.99. The van der Waals surface area contributed by atoms with Gasteiger partial charge in [0.05, 0.1) is 9.82 Å². The summed E-state index contributed by atoms with van der Waals surface area (Å²) in [6.07, 6.45) is 5.33. The van der Waals surface area contributed by atoms with Crippen molar-refractivity contribution in [3.63, 3.8) is 0 Å². The minimum atomic E-state index is -4.43. The summed E-state index contributed by atoms with van der Waals surface area (Å²) in [4.78, 5) is 32.6. The van der Waals surface area contributed by atoms with Gasteiger partial charge in [-0.3, -0.25) is 19.8 Å². The number of thioether (sulfide) groups is 1. The first kappa shape index (κ1) is 43.2. The lowest BCUT2D eigenvalue weighted by Crippen LogP contribution is -2.47. The molecule has 0 unspecified atom stereocenters. The van der Waals surface area contributed by atoms with Gasteiger partial charge in [0.15, 0.2) is 0 Å². The van der Waals surface area contributed by atoms with Crippen LogP contribution in [0.15, 0.2) is 112 Å². The third-order valence-electron chi connectivity index (χ3n) is 11.0. The van der Waals surface area contributed by atoms with Crippen molar-refractivity contribution in [1.29, 1.82) is 0 Å². The molecule has 4 aromatic rings. The van der Waals surface area contributed by atoms with Gasteiger partial charge in [0, 0.05) is 84.3 Å². The Kier molecular flexibility index (Phi) is 14.9. The van der Waals surface area contributed by atoms with E-state index in [1.807, 2.05) is 61.6 Å². The van der Waals surface area contributed by atoms with E-state index in [4.69, 9.17) is 11.6 Å². The lowest BCUT2D eigenvalue weighted by Gasteiger charge is -2.37. The second-order valence-electron chi connectivity index (χ2n) is 15.3. The van der Waals surface area contributed by atoms with Crippen molar-refractivity contribution in [3.05, 3.63) is 129 Å². The number of benzene rings is 4. The molecule has 0 aromatic heterocycles. The van der Waals surface area contributed by atoms with Gasteiger partial charge in [-0.15, -0.1) is 11.8 Å². The predicted molar refractivity (Wildman–Crippen MR) is 237 cm³/mol. The van der Waals surface area contributed by atoms with Gasteiger partial charge in [0.2, 0.25) is 0 Å². The van der Waals surface area contributed by atoms with E-state index in [0.29, 0.717) is 18.2 Å². The molecule has 1 aliphatic heterocycles. The van der Waals surface area contributed by atoms with Crippen LogP contribution < -0.4 is 14.9 Å². The van der Waals surface area contributed by atoms with E-state index in [0.717, 1.165) is 73.8 Å². The molecule has 1 heterocycles. The van der Waals surface area contributed by atoms with Crippen molar-refractivity contribution in [2.45, 2.75) is 67.8 Å². The fourth-order valence-corrected chi connectivity index (χ4v) is 9.45. The van der Waals surface area contributed by atoms with Crippen LogP contribution in [-0.2, 0) is 10.0 Å². The number of rotatable bonds is 17. The number of amides is 1. The number of carbonyl (C=O) groups is 1. The van der Waals surface area contributed by atoms with Crippen molar-refractivity contribution in [2.75, 3.05) is 62.3 Å². The molecule has 11 nitrogen and oxygen atoms in total. The highest BCUT2D eigenvalue weighted by Gasteiger charge is 2.26. The molecule has 6 rings (SSSR count). The summed E-state index contributed by atoms with van der Waals surface area (Å²) < 4.78 is 29.0. The van der Waals surface area contributed by atoms with Gasteiger partial charge in [0.25, 0.3) is 21.6 Å². The second-order valence-corrected chi connectivity index (χ2v) is 18.5. The zero-order valence-corrected chi connectivity index (χ0v) is 35.8. The number of hydrogen-bond donors (Lipinski definition) is 2. The van der Waals surface area contributed by atoms with Crippen LogP contribution in [0.2, 0.25) is 5.02 Å². The van der Waals surface area contributed by atoms with Crippen LogP contribution >= 0.6 is 23.4 Å². The van der Waals surface area contributed by atoms with Crippen molar-refractivity contribution < 1.29 is 18.1 Å². The molecule has 0 radical (unpaired) electrons. The number of nitro benzene ring substituents is 1. The SMILES string of the molecule is CC(C)N(C)CC[C@H](CSc1ccccc1)Nc1ccc(S(=O)(=O)NC(=O)c2ccc(N3CCN(CC4=C(c5ccc(Cl)cc5)CCCC4)CC3)cc2)cc1[N+](=O)[O-].